The van der Waals surface area contributed by atoms with Crippen LogP contribution >= 0.6 is 0 Å². The summed E-state index contributed by atoms with van der Waals surface area (Å²) in [5.41, 5.74) is 5.40. The molecule has 1 aromatic carbocycles. The van der Waals surface area contributed by atoms with Gasteiger partial charge >= 0.3 is 11.6 Å². The van der Waals surface area contributed by atoms with Crippen LogP contribution in [0.2, 0.25) is 0 Å². The summed E-state index contributed by atoms with van der Waals surface area (Å²) >= 11 is 0. The summed E-state index contributed by atoms with van der Waals surface area (Å²) in [6.45, 7) is 1.30. The van der Waals surface area contributed by atoms with Crippen LogP contribution in [0.3, 0.4) is 0 Å². The van der Waals surface area contributed by atoms with Crippen molar-refractivity contribution in [3.8, 4) is 0 Å². The molecular weight excluding hydrogens is 389 g/mol. The molecule has 0 bridgehead atoms. The molecule has 0 aliphatic carbocycles. The number of aliphatic hydroxyl groups excluding tert-OH is 1. The second kappa shape index (κ2) is 7.43. The van der Waals surface area contributed by atoms with Gasteiger partial charge in [0.25, 0.3) is 0 Å². The van der Waals surface area contributed by atoms with E-state index in [9.17, 15) is 23.1 Å². The Morgan fingerprint density at radius 3 is 2.69 bits per heavy atom. The number of nitrogen functional groups attached to an aromatic ring is 1. The maximum absolute atomic E-state index is 14.6. The first kappa shape index (κ1) is 19.9. The molecule has 7 nitrogen and oxygen atoms in total. The molecule has 156 valence electrons. The van der Waals surface area contributed by atoms with Crippen LogP contribution in [0.5, 0.6) is 0 Å². The Balaban J connectivity index is 1.46. The van der Waals surface area contributed by atoms with Crippen LogP contribution in [0.4, 0.5) is 19.0 Å². The van der Waals surface area contributed by atoms with E-state index in [1.54, 1.807) is 12.1 Å². The van der Waals surface area contributed by atoms with Crippen molar-refractivity contribution in [3.63, 3.8) is 0 Å². The standard InChI is InChI=1S/C19H21F3N4O3/c20-13-3-1-11(2-4-13)12-5-7-25(9-12)10-14-16(27)19(21,22)17(29-14)26-8-6-15(23)24-18(26)28/h1-4,6,8,12,14,16-17,27H,5,7,9-10H2,(H2,23,24,28)/t12?,14-,16-,17-/m1/s1. The first-order chi connectivity index (χ1) is 13.8. The summed E-state index contributed by atoms with van der Waals surface area (Å²) in [6.07, 6.45) is -3.33. The SMILES string of the molecule is Nc1ccn([C@@H]2O[C@H](CN3CCC(c4ccc(F)cc4)C3)[C@@H](O)C2(F)F)c(=O)n1. The predicted octanol–water partition coefficient (Wildman–Crippen LogP) is 1.35. The highest BCUT2D eigenvalue weighted by Crippen LogP contribution is 2.43. The van der Waals surface area contributed by atoms with E-state index in [1.807, 2.05) is 4.90 Å². The minimum Gasteiger partial charge on any atom is -0.384 e. The molecule has 2 fully saturated rings. The third-order valence-electron chi connectivity index (χ3n) is 5.54. The van der Waals surface area contributed by atoms with Gasteiger partial charge in [0.05, 0.1) is 0 Å². The molecule has 3 N–H and O–H groups in total. The number of halogens is 3. The van der Waals surface area contributed by atoms with E-state index < -0.39 is 30.0 Å². The first-order valence-electron chi connectivity index (χ1n) is 9.29. The molecule has 2 aromatic rings. The third-order valence-corrected chi connectivity index (χ3v) is 5.54. The molecule has 1 unspecified atom stereocenters. The van der Waals surface area contributed by atoms with Crippen molar-refractivity contribution in [2.75, 3.05) is 25.4 Å². The van der Waals surface area contributed by atoms with Gasteiger partial charge in [-0.05, 0) is 42.6 Å². The Bertz CT molecular complexity index is 937. The number of nitrogens with two attached hydrogens (primary N) is 1. The van der Waals surface area contributed by atoms with Crippen LogP contribution in [-0.4, -0.2) is 57.3 Å². The Morgan fingerprint density at radius 2 is 2.00 bits per heavy atom. The smallest absolute Gasteiger partial charge is 0.351 e. The van der Waals surface area contributed by atoms with Crippen LogP contribution < -0.4 is 11.4 Å². The second-order valence-electron chi connectivity index (χ2n) is 7.49. The monoisotopic (exact) mass is 410 g/mol. The van der Waals surface area contributed by atoms with Crippen LogP contribution in [0.15, 0.2) is 41.3 Å². The summed E-state index contributed by atoms with van der Waals surface area (Å²) in [5, 5.41) is 10.2. The minimum atomic E-state index is -3.66. The lowest BCUT2D eigenvalue weighted by Gasteiger charge is -2.22. The van der Waals surface area contributed by atoms with Gasteiger partial charge in [-0.1, -0.05) is 12.1 Å². The lowest BCUT2D eigenvalue weighted by atomic mass is 9.98. The Kier molecular flexibility index (Phi) is 5.09. The number of likely N-dealkylation sites (tertiary alicyclic amines) is 1. The van der Waals surface area contributed by atoms with Crippen LogP contribution in [0.1, 0.15) is 24.1 Å². The van der Waals surface area contributed by atoms with E-state index in [2.05, 4.69) is 4.98 Å². The van der Waals surface area contributed by atoms with Crippen molar-refractivity contribution in [2.45, 2.75) is 36.7 Å². The number of ether oxygens (including phenoxy) is 1. The fraction of sp³-hybridized carbons (Fsp3) is 0.474. The fourth-order valence-electron chi connectivity index (χ4n) is 3.98. The number of nitrogens with zero attached hydrogens (tertiary/aromatic N) is 3. The number of aliphatic hydroxyl groups is 1. The van der Waals surface area contributed by atoms with Gasteiger partial charge in [0.2, 0.25) is 6.23 Å². The maximum atomic E-state index is 14.6. The average Bonchev–Trinajstić information content (AvgIpc) is 3.21. The lowest BCUT2D eigenvalue weighted by Crippen LogP contribution is -2.43. The Labute approximate surface area is 164 Å². The molecule has 2 aliphatic rings. The first-order valence-corrected chi connectivity index (χ1v) is 9.29. The Hall–Kier alpha value is -2.43. The van der Waals surface area contributed by atoms with E-state index in [1.165, 1.54) is 18.2 Å². The number of aromatic nitrogens is 2. The van der Waals surface area contributed by atoms with E-state index in [0.29, 0.717) is 17.7 Å². The highest BCUT2D eigenvalue weighted by molar-refractivity contribution is 5.24. The van der Waals surface area contributed by atoms with Gasteiger partial charge in [0, 0.05) is 19.3 Å². The predicted molar refractivity (Wildman–Crippen MR) is 98.0 cm³/mol. The Morgan fingerprint density at radius 1 is 1.28 bits per heavy atom. The normalized spacial score (nSPS) is 29.4. The van der Waals surface area contributed by atoms with E-state index in [-0.39, 0.29) is 24.1 Å². The van der Waals surface area contributed by atoms with Gasteiger partial charge in [0.1, 0.15) is 23.8 Å². The molecule has 2 saturated heterocycles. The van der Waals surface area contributed by atoms with Crippen LogP contribution in [0, 0.1) is 5.82 Å². The van der Waals surface area contributed by atoms with Gasteiger partial charge in [-0.2, -0.15) is 13.8 Å². The molecule has 0 saturated carbocycles. The van der Waals surface area contributed by atoms with E-state index in [0.717, 1.165) is 18.2 Å². The van der Waals surface area contributed by atoms with Crippen molar-refractivity contribution in [2.24, 2.45) is 0 Å². The quantitative estimate of drug-likeness (QED) is 0.791. The summed E-state index contributed by atoms with van der Waals surface area (Å²) in [5.74, 6) is -3.92. The van der Waals surface area contributed by atoms with E-state index in [4.69, 9.17) is 10.5 Å². The summed E-state index contributed by atoms with van der Waals surface area (Å²) in [4.78, 5) is 17.3. The van der Waals surface area contributed by atoms with Crippen LogP contribution in [0.25, 0.3) is 0 Å². The molecule has 0 spiro atoms. The molecule has 4 atom stereocenters. The lowest BCUT2D eigenvalue weighted by molar-refractivity contribution is -0.140. The zero-order valence-corrected chi connectivity index (χ0v) is 15.4. The van der Waals surface area contributed by atoms with Gasteiger partial charge in [0.15, 0.2) is 0 Å². The number of hydrogen-bond acceptors (Lipinski definition) is 6. The molecule has 3 heterocycles. The highest BCUT2D eigenvalue weighted by atomic mass is 19.3. The minimum absolute atomic E-state index is 0.0854. The maximum Gasteiger partial charge on any atom is 0.351 e. The largest absolute Gasteiger partial charge is 0.384 e. The molecule has 2 aliphatic heterocycles. The molecule has 29 heavy (non-hydrogen) atoms. The summed E-state index contributed by atoms with van der Waals surface area (Å²) in [7, 11) is 0. The molecule has 4 rings (SSSR count). The van der Waals surface area contributed by atoms with Gasteiger partial charge in [-0.15, -0.1) is 0 Å². The van der Waals surface area contributed by atoms with Gasteiger partial charge in [-0.25, -0.2) is 9.18 Å². The summed E-state index contributed by atoms with van der Waals surface area (Å²) < 4.78 is 48.4. The van der Waals surface area contributed by atoms with Crippen LogP contribution in [-0.2, 0) is 4.74 Å². The van der Waals surface area contributed by atoms with Crippen molar-refractivity contribution in [1.82, 2.24) is 14.5 Å². The van der Waals surface area contributed by atoms with Crippen molar-refractivity contribution in [1.29, 1.82) is 0 Å². The fourth-order valence-corrected chi connectivity index (χ4v) is 3.98. The van der Waals surface area contributed by atoms with Crippen molar-refractivity contribution >= 4 is 5.82 Å². The number of alkyl halides is 2. The highest BCUT2D eigenvalue weighted by Gasteiger charge is 2.59. The van der Waals surface area contributed by atoms with E-state index >= 15 is 0 Å². The van der Waals surface area contributed by atoms with Crippen molar-refractivity contribution < 1.29 is 23.0 Å². The third kappa shape index (κ3) is 3.75. The molecule has 10 heteroatoms. The zero-order valence-electron chi connectivity index (χ0n) is 15.4. The molecule has 0 radical (unpaired) electrons. The number of anilines is 1. The topological polar surface area (TPSA) is 93.6 Å². The molecule has 0 amide bonds. The van der Waals surface area contributed by atoms with Gasteiger partial charge < -0.3 is 20.5 Å². The molecule has 1 aromatic heterocycles. The molecular formula is C19H21F3N4O3. The van der Waals surface area contributed by atoms with Crippen molar-refractivity contribution in [3.05, 3.63) is 58.4 Å². The average molecular weight is 410 g/mol. The summed E-state index contributed by atoms with van der Waals surface area (Å²) in [6, 6.07) is 7.44. The second-order valence-corrected chi connectivity index (χ2v) is 7.49. The number of benzene rings is 1. The zero-order chi connectivity index (χ0) is 20.8. The van der Waals surface area contributed by atoms with Gasteiger partial charge in [-0.3, -0.25) is 4.57 Å². The number of rotatable bonds is 4. The number of hydrogen-bond donors (Lipinski definition) is 2.